The van der Waals surface area contributed by atoms with E-state index in [0.717, 1.165) is 31.2 Å². The molecule has 0 saturated heterocycles. The Labute approximate surface area is 111 Å². The molecule has 1 N–H and O–H groups in total. The Bertz CT molecular complexity index is 343. The van der Waals surface area contributed by atoms with Gasteiger partial charge in [0.1, 0.15) is 11.9 Å². The molecule has 0 radical (unpaired) electrons. The molecule has 1 unspecified atom stereocenters. The number of hydrogen-bond acceptors (Lipinski definition) is 2. The molecule has 1 saturated carbocycles. The first-order chi connectivity index (χ1) is 8.81. The van der Waals surface area contributed by atoms with Crippen molar-refractivity contribution in [3.63, 3.8) is 0 Å². The molecule has 0 spiro atoms. The van der Waals surface area contributed by atoms with Crippen molar-refractivity contribution in [2.24, 2.45) is 0 Å². The van der Waals surface area contributed by atoms with Gasteiger partial charge in [-0.1, -0.05) is 32.4 Å². The summed E-state index contributed by atoms with van der Waals surface area (Å²) in [6.45, 7) is 5.36. The summed E-state index contributed by atoms with van der Waals surface area (Å²) in [5.74, 6) is 0.999. The summed E-state index contributed by atoms with van der Waals surface area (Å²) >= 11 is 0. The lowest BCUT2D eigenvalue weighted by atomic mass is 10.1. The standard InChI is InChI=1S/C16H25NO/c1-3-5-13-6-10-16(11-7-13)18-15(4-2)12-17-14-8-9-14/h6-7,10-11,14-15,17H,3-5,8-9,12H2,1-2H3. The third-order valence-electron chi connectivity index (χ3n) is 3.43. The summed E-state index contributed by atoms with van der Waals surface area (Å²) in [7, 11) is 0. The lowest BCUT2D eigenvalue weighted by molar-refractivity contribution is 0.193. The van der Waals surface area contributed by atoms with Crippen LogP contribution in [0.15, 0.2) is 24.3 Å². The van der Waals surface area contributed by atoms with E-state index in [2.05, 4.69) is 43.4 Å². The molecule has 1 aromatic rings. The third kappa shape index (κ3) is 4.34. The maximum Gasteiger partial charge on any atom is 0.119 e. The maximum absolute atomic E-state index is 6.01. The third-order valence-corrected chi connectivity index (χ3v) is 3.43. The number of benzene rings is 1. The molecule has 1 atom stereocenters. The van der Waals surface area contributed by atoms with Gasteiger partial charge >= 0.3 is 0 Å². The van der Waals surface area contributed by atoms with Crippen LogP contribution in [0, 0.1) is 0 Å². The van der Waals surface area contributed by atoms with Gasteiger partial charge in [-0.25, -0.2) is 0 Å². The van der Waals surface area contributed by atoms with Gasteiger partial charge in [0.15, 0.2) is 0 Å². The Balaban J connectivity index is 1.81. The Kier molecular flexibility index (Phi) is 5.06. The Morgan fingerprint density at radius 2 is 1.94 bits per heavy atom. The van der Waals surface area contributed by atoms with Crippen molar-refractivity contribution in [2.75, 3.05) is 6.54 Å². The topological polar surface area (TPSA) is 21.3 Å². The van der Waals surface area contributed by atoms with Crippen LogP contribution in [0.25, 0.3) is 0 Å². The second-order valence-corrected chi connectivity index (χ2v) is 5.22. The van der Waals surface area contributed by atoms with Crippen LogP contribution < -0.4 is 10.1 Å². The van der Waals surface area contributed by atoms with Gasteiger partial charge in [-0.15, -0.1) is 0 Å². The van der Waals surface area contributed by atoms with E-state index in [1.165, 1.54) is 24.8 Å². The largest absolute Gasteiger partial charge is 0.489 e. The molecule has 1 aromatic carbocycles. The van der Waals surface area contributed by atoms with Crippen molar-refractivity contribution in [2.45, 2.75) is 58.1 Å². The van der Waals surface area contributed by atoms with Crippen molar-refractivity contribution in [3.05, 3.63) is 29.8 Å². The molecule has 18 heavy (non-hydrogen) atoms. The zero-order valence-corrected chi connectivity index (χ0v) is 11.6. The molecule has 0 bridgehead atoms. The van der Waals surface area contributed by atoms with E-state index in [0.29, 0.717) is 6.10 Å². The highest BCUT2D eigenvalue weighted by molar-refractivity contribution is 5.27. The number of aryl methyl sites for hydroxylation is 1. The molecule has 1 fully saturated rings. The number of hydrogen-bond donors (Lipinski definition) is 1. The minimum absolute atomic E-state index is 0.294. The van der Waals surface area contributed by atoms with Crippen molar-refractivity contribution in [1.29, 1.82) is 0 Å². The van der Waals surface area contributed by atoms with Gasteiger partial charge in [0.05, 0.1) is 0 Å². The van der Waals surface area contributed by atoms with Gasteiger partial charge in [-0.05, 0) is 43.4 Å². The zero-order chi connectivity index (χ0) is 12.8. The Morgan fingerprint density at radius 3 is 2.50 bits per heavy atom. The SMILES string of the molecule is CCCc1ccc(OC(CC)CNC2CC2)cc1. The van der Waals surface area contributed by atoms with E-state index in [1.54, 1.807) is 0 Å². The van der Waals surface area contributed by atoms with Gasteiger partial charge < -0.3 is 10.1 Å². The summed E-state index contributed by atoms with van der Waals surface area (Å²) in [6.07, 6.45) is 6.37. The fraction of sp³-hybridized carbons (Fsp3) is 0.625. The van der Waals surface area contributed by atoms with Gasteiger partial charge in [-0.3, -0.25) is 0 Å². The molecule has 100 valence electrons. The summed E-state index contributed by atoms with van der Waals surface area (Å²) in [5.41, 5.74) is 1.40. The minimum atomic E-state index is 0.294. The molecular weight excluding hydrogens is 222 g/mol. The predicted octanol–water partition coefficient (Wildman–Crippen LogP) is 3.55. The van der Waals surface area contributed by atoms with Crippen LogP contribution in [-0.2, 0) is 6.42 Å². The Morgan fingerprint density at radius 1 is 1.22 bits per heavy atom. The van der Waals surface area contributed by atoms with Crippen molar-refractivity contribution in [1.82, 2.24) is 5.32 Å². The average Bonchev–Trinajstić information content (AvgIpc) is 3.21. The van der Waals surface area contributed by atoms with Crippen LogP contribution in [0.3, 0.4) is 0 Å². The zero-order valence-electron chi connectivity index (χ0n) is 11.6. The molecule has 0 heterocycles. The molecule has 0 aromatic heterocycles. The summed E-state index contributed by atoms with van der Waals surface area (Å²) in [5, 5.41) is 3.53. The molecule has 2 nitrogen and oxygen atoms in total. The van der Waals surface area contributed by atoms with E-state index in [4.69, 9.17) is 4.74 Å². The second-order valence-electron chi connectivity index (χ2n) is 5.22. The van der Waals surface area contributed by atoms with Crippen molar-refractivity contribution >= 4 is 0 Å². The van der Waals surface area contributed by atoms with E-state index >= 15 is 0 Å². The first-order valence-corrected chi connectivity index (χ1v) is 7.30. The van der Waals surface area contributed by atoms with Crippen LogP contribution in [0.1, 0.15) is 45.1 Å². The van der Waals surface area contributed by atoms with Crippen LogP contribution in [-0.4, -0.2) is 18.7 Å². The van der Waals surface area contributed by atoms with Gasteiger partial charge in [0.2, 0.25) is 0 Å². The highest BCUT2D eigenvalue weighted by Crippen LogP contribution is 2.20. The van der Waals surface area contributed by atoms with Crippen LogP contribution in [0.5, 0.6) is 5.75 Å². The van der Waals surface area contributed by atoms with Gasteiger partial charge in [0.25, 0.3) is 0 Å². The number of ether oxygens (including phenoxy) is 1. The van der Waals surface area contributed by atoms with E-state index in [1.807, 2.05) is 0 Å². The van der Waals surface area contributed by atoms with Crippen molar-refractivity contribution < 1.29 is 4.74 Å². The second kappa shape index (κ2) is 6.79. The van der Waals surface area contributed by atoms with Crippen molar-refractivity contribution in [3.8, 4) is 5.75 Å². The molecule has 0 amide bonds. The maximum atomic E-state index is 6.01. The van der Waals surface area contributed by atoms with Crippen LogP contribution >= 0.6 is 0 Å². The normalized spacial score (nSPS) is 16.6. The van der Waals surface area contributed by atoms with E-state index in [-0.39, 0.29) is 0 Å². The molecule has 2 heteroatoms. The number of rotatable bonds is 8. The smallest absolute Gasteiger partial charge is 0.119 e. The quantitative estimate of drug-likeness (QED) is 0.758. The summed E-state index contributed by atoms with van der Waals surface area (Å²) in [6, 6.07) is 9.32. The first-order valence-electron chi connectivity index (χ1n) is 7.30. The van der Waals surface area contributed by atoms with E-state index in [9.17, 15) is 0 Å². The molecule has 1 aliphatic carbocycles. The lowest BCUT2D eigenvalue weighted by Crippen LogP contribution is -2.32. The summed E-state index contributed by atoms with van der Waals surface area (Å²) in [4.78, 5) is 0. The Hall–Kier alpha value is -1.02. The van der Waals surface area contributed by atoms with E-state index < -0.39 is 0 Å². The summed E-state index contributed by atoms with van der Waals surface area (Å²) < 4.78 is 6.01. The molecule has 2 rings (SSSR count). The average molecular weight is 247 g/mol. The minimum Gasteiger partial charge on any atom is -0.489 e. The van der Waals surface area contributed by atoms with Crippen LogP contribution in [0.4, 0.5) is 0 Å². The molecule has 1 aliphatic rings. The monoisotopic (exact) mass is 247 g/mol. The first kappa shape index (κ1) is 13.4. The fourth-order valence-electron chi connectivity index (χ4n) is 2.07. The molecular formula is C16H25NO. The fourth-order valence-corrected chi connectivity index (χ4v) is 2.07. The van der Waals surface area contributed by atoms with Crippen LogP contribution in [0.2, 0.25) is 0 Å². The lowest BCUT2D eigenvalue weighted by Gasteiger charge is -2.18. The van der Waals surface area contributed by atoms with Gasteiger partial charge in [-0.2, -0.15) is 0 Å². The van der Waals surface area contributed by atoms with Gasteiger partial charge in [0, 0.05) is 12.6 Å². The number of nitrogens with one attached hydrogen (secondary N) is 1. The predicted molar refractivity (Wildman–Crippen MR) is 76.2 cm³/mol. The highest BCUT2D eigenvalue weighted by Gasteiger charge is 2.21. The highest BCUT2D eigenvalue weighted by atomic mass is 16.5. The molecule has 0 aliphatic heterocycles.